The van der Waals surface area contributed by atoms with E-state index >= 15 is 0 Å². The Morgan fingerprint density at radius 2 is 2.07 bits per heavy atom. The summed E-state index contributed by atoms with van der Waals surface area (Å²) < 4.78 is 36.6. The van der Waals surface area contributed by atoms with Crippen LogP contribution in [-0.4, -0.2) is 10.7 Å². The minimum Gasteiger partial charge on any atom is -0.315 e. The fourth-order valence-electron chi connectivity index (χ4n) is 1.04. The maximum Gasteiger partial charge on any atom is 0.390 e. The molecule has 0 aliphatic heterocycles. The summed E-state index contributed by atoms with van der Waals surface area (Å²) in [6.07, 6.45) is -3.82. The van der Waals surface area contributed by atoms with Crippen molar-refractivity contribution >= 4 is 0 Å². The molecule has 0 aliphatic carbocycles. The number of alkyl halides is 3. The second-order valence-corrected chi connectivity index (χ2v) is 3.10. The largest absolute Gasteiger partial charge is 0.390 e. The minimum atomic E-state index is -4.22. The van der Waals surface area contributed by atoms with Gasteiger partial charge in [0.1, 0.15) is 0 Å². The molecule has 1 aromatic rings. The fraction of sp³-hybridized carbons (Fsp3) is 0.444. The first kappa shape index (κ1) is 10.8. The number of aryl methyl sites for hydroxylation is 2. The van der Waals surface area contributed by atoms with E-state index in [1.54, 1.807) is 13.0 Å². The maximum absolute atomic E-state index is 11.8. The van der Waals surface area contributed by atoms with Crippen LogP contribution >= 0.6 is 0 Å². The minimum absolute atomic E-state index is 0.317. The van der Waals surface area contributed by atoms with E-state index in [0.717, 1.165) is 10.1 Å². The molecule has 0 N–H and O–H groups in total. The molecule has 0 amide bonds. The third-order valence-corrected chi connectivity index (χ3v) is 1.79. The lowest BCUT2D eigenvalue weighted by Crippen LogP contribution is -2.22. The topological polar surface area (TPSA) is 22.0 Å². The Kier molecular flexibility index (Phi) is 2.98. The number of hydrogen-bond donors (Lipinski definition) is 0. The molecule has 0 saturated carbocycles. The highest BCUT2D eigenvalue weighted by molar-refractivity contribution is 5.07. The molecule has 0 unspecified atom stereocenters. The van der Waals surface area contributed by atoms with Crippen LogP contribution in [0.5, 0.6) is 0 Å². The first-order valence-electron chi connectivity index (χ1n) is 4.12. The summed E-state index contributed by atoms with van der Waals surface area (Å²) in [5.74, 6) is 0. The van der Waals surface area contributed by atoms with Gasteiger partial charge in [0.25, 0.3) is 5.56 Å². The molecule has 0 aromatic carbocycles. The average Bonchev–Trinajstić information content (AvgIpc) is 2.00. The molecule has 0 spiro atoms. The number of aromatic nitrogens is 1. The SMILES string of the molecule is Cc1ccn(CCC(F)(F)F)c(=O)c1. The van der Waals surface area contributed by atoms with E-state index in [2.05, 4.69) is 0 Å². The van der Waals surface area contributed by atoms with Crippen LogP contribution in [0.1, 0.15) is 12.0 Å². The van der Waals surface area contributed by atoms with Crippen molar-refractivity contribution in [3.8, 4) is 0 Å². The highest BCUT2D eigenvalue weighted by Crippen LogP contribution is 2.19. The molecule has 14 heavy (non-hydrogen) atoms. The van der Waals surface area contributed by atoms with Gasteiger partial charge in [0.05, 0.1) is 6.42 Å². The molecule has 1 rings (SSSR count). The van der Waals surface area contributed by atoms with Crippen LogP contribution < -0.4 is 5.56 Å². The molecular weight excluding hydrogens is 195 g/mol. The Labute approximate surface area is 79.0 Å². The second-order valence-electron chi connectivity index (χ2n) is 3.10. The van der Waals surface area contributed by atoms with Crippen LogP contribution in [-0.2, 0) is 6.54 Å². The maximum atomic E-state index is 11.8. The molecule has 0 saturated heterocycles. The molecule has 0 radical (unpaired) electrons. The third kappa shape index (κ3) is 3.24. The lowest BCUT2D eigenvalue weighted by Gasteiger charge is -2.08. The van der Waals surface area contributed by atoms with Crippen molar-refractivity contribution in [3.05, 3.63) is 34.2 Å². The standard InChI is InChI=1S/C9H10F3NO/c1-7-2-4-13(8(14)6-7)5-3-9(10,11)12/h2,4,6H,3,5H2,1H3. The van der Waals surface area contributed by atoms with Gasteiger partial charge in [-0.05, 0) is 18.6 Å². The fourth-order valence-corrected chi connectivity index (χ4v) is 1.04. The van der Waals surface area contributed by atoms with Gasteiger partial charge in [0.2, 0.25) is 0 Å². The zero-order valence-electron chi connectivity index (χ0n) is 7.64. The van der Waals surface area contributed by atoms with Gasteiger partial charge in [-0.1, -0.05) is 0 Å². The van der Waals surface area contributed by atoms with E-state index in [4.69, 9.17) is 0 Å². The summed E-state index contributed by atoms with van der Waals surface area (Å²) in [6, 6.07) is 2.92. The Morgan fingerprint density at radius 1 is 1.43 bits per heavy atom. The van der Waals surface area contributed by atoms with Gasteiger partial charge in [-0.15, -0.1) is 0 Å². The zero-order valence-corrected chi connectivity index (χ0v) is 7.64. The van der Waals surface area contributed by atoms with E-state index in [9.17, 15) is 18.0 Å². The smallest absolute Gasteiger partial charge is 0.315 e. The van der Waals surface area contributed by atoms with Crippen molar-refractivity contribution in [2.24, 2.45) is 0 Å². The van der Waals surface area contributed by atoms with Gasteiger partial charge in [-0.3, -0.25) is 4.79 Å². The molecule has 0 atom stereocenters. The monoisotopic (exact) mass is 205 g/mol. The predicted molar refractivity (Wildman–Crippen MR) is 46.1 cm³/mol. The molecule has 5 heteroatoms. The van der Waals surface area contributed by atoms with Crippen LogP contribution in [0.4, 0.5) is 13.2 Å². The summed E-state index contributed by atoms with van der Waals surface area (Å²) >= 11 is 0. The van der Waals surface area contributed by atoms with Gasteiger partial charge >= 0.3 is 6.18 Å². The quantitative estimate of drug-likeness (QED) is 0.724. The van der Waals surface area contributed by atoms with Gasteiger partial charge in [-0.2, -0.15) is 13.2 Å². The van der Waals surface area contributed by atoms with Crippen molar-refractivity contribution < 1.29 is 13.2 Å². The molecule has 1 heterocycles. The Hall–Kier alpha value is -1.26. The summed E-state index contributed by atoms with van der Waals surface area (Å²) in [6.45, 7) is 1.40. The van der Waals surface area contributed by atoms with E-state index in [1.807, 2.05) is 0 Å². The van der Waals surface area contributed by atoms with Crippen molar-refractivity contribution in [1.29, 1.82) is 0 Å². The van der Waals surface area contributed by atoms with Crippen molar-refractivity contribution in [2.75, 3.05) is 0 Å². The van der Waals surface area contributed by atoms with E-state index in [0.29, 0.717) is 0 Å². The van der Waals surface area contributed by atoms with Crippen LogP contribution in [0.3, 0.4) is 0 Å². The number of halogens is 3. The van der Waals surface area contributed by atoms with Crippen molar-refractivity contribution in [2.45, 2.75) is 26.1 Å². The van der Waals surface area contributed by atoms with Crippen LogP contribution in [0.2, 0.25) is 0 Å². The first-order valence-corrected chi connectivity index (χ1v) is 4.12. The molecule has 78 valence electrons. The van der Waals surface area contributed by atoms with Crippen molar-refractivity contribution in [3.63, 3.8) is 0 Å². The first-order chi connectivity index (χ1) is 6.38. The molecule has 0 aliphatic rings. The average molecular weight is 205 g/mol. The zero-order chi connectivity index (χ0) is 10.8. The van der Waals surface area contributed by atoms with Crippen molar-refractivity contribution in [1.82, 2.24) is 4.57 Å². The molecule has 0 bridgehead atoms. The highest BCUT2D eigenvalue weighted by atomic mass is 19.4. The van der Waals surface area contributed by atoms with Crippen LogP contribution in [0.25, 0.3) is 0 Å². The van der Waals surface area contributed by atoms with Crippen LogP contribution in [0.15, 0.2) is 23.1 Å². The Balaban J connectivity index is 2.74. The number of nitrogens with zero attached hydrogens (tertiary/aromatic N) is 1. The number of hydrogen-bond acceptors (Lipinski definition) is 1. The predicted octanol–water partition coefficient (Wildman–Crippen LogP) is 2.11. The lowest BCUT2D eigenvalue weighted by molar-refractivity contribution is -0.136. The molecule has 0 fully saturated rings. The van der Waals surface area contributed by atoms with Gasteiger partial charge in [0, 0.05) is 18.8 Å². The van der Waals surface area contributed by atoms with E-state index < -0.39 is 18.2 Å². The summed E-state index contributed by atoms with van der Waals surface area (Å²) in [5, 5.41) is 0. The number of rotatable bonds is 2. The van der Waals surface area contributed by atoms with Gasteiger partial charge in [0.15, 0.2) is 0 Å². The van der Waals surface area contributed by atoms with Gasteiger partial charge in [-0.25, -0.2) is 0 Å². The summed E-state index contributed by atoms with van der Waals surface area (Å²) in [4.78, 5) is 11.2. The number of pyridine rings is 1. The second kappa shape index (κ2) is 3.86. The summed E-state index contributed by atoms with van der Waals surface area (Å²) in [5.41, 5.74) is 0.354. The lowest BCUT2D eigenvalue weighted by atomic mass is 10.3. The van der Waals surface area contributed by atoms with E-state index in [1.165, 1.54) is 12.3 Å². The van der Waals surface area contributed by atoms with Gasteiger partial charge < -0.3 is 4.57 Å². The molecular formula is C9H10F3NO. The Morgan fingerprint density at radius 3 is 2.57 bits per heavy atom. The third-order valence-electron chi connectivity index (χ3n) is 1.79. The normalized spacial score (nSPS) is 11.7. The Bertz CT molecular complexity index is 367. The highest BCUT2D eigenvalue weighted by Gasteiger charge is 2.26. The molecule has 2 nitrogen and oxygen atoms in total. The van der Waals surface area contributed by atoms with Crippen LogP contribution in [0, 0.1) is 6.92 Å². The summed E-state index contributed by atoms with van der Waals surface area (Å²) in [7, 11) is 0. The molecule has 1 aromatic heterocycles. The van der Waals surface area contributed by atoms with E-state index in [-0.39, 0.29) is 6.54 Å².